The topological polar surface area (TPSA) is 75.6 Å². The minimum Gasteiger partial charge on any atom is -0.480 e. The van der Waals surface area contributed by atoms with Crippen molar-refractivity contribution in [2.24, 2.45) is 0 Å². The van der Waals surface area contributed by atoms with E-state index in [9.17, 15) is 18.4 Å². The number of rotatable bonds is 3. The summed E-state index contributed by atoms with van der Waals surface area (Å²) in [5.41, 5.74) is -0.830. The first-order valence-corrected chi connectivity index (χ1v) is 6.75. The monoisotopic (exact) mass is 325 g/mol. The minimum absolute atomic E-state index is 0.0622. The number of benzene rings is 1. The van der Waals surface area contributed by atoms with Gasteiger partial charge in [0.2, 0.25) is 0 Å². The Kier molecular flexibility index (Phi) is 6.08. The SMILES string of the molecule is CC(C)(C)OC(=O)N[C@@H](CC#Cc1ccc(F)cc1F)C(=O)O. The largest absolute Gasteiger partial charge is 0.480 e. The number of hydrogen-bond acceptors (Lipinski definition) is 3. The molecule has 7 heteroatoms. The third kappa shape index (κ3) is 6.78. The van der Waals surface area contributed by atoms with E-state index >= 15 is 0 Å². The van der Waals surface area contributed by atoms with Gasteiger partial charge in [0.25, 0.3) is 0 Å². The number of carbonyl (C=O) groups is 2. The Morgan fingerprint density at radius 1 is 1.35 bits per heavy atom. The Balaban J connectivity index is 2.73. The van der Waals surface area contributed by atoms with Crippen molar-refractivity contribution in [2.75, 3.05) is 0 Å². The maximum Gasteiger partial charge on any atom is 0.408 e. The summed E-state index contributed by atoms with van der Waals surface area (Å²) in [6, 6.07) is 1.56. The maximum atomic E-state index is 13.4. The van der Waals surface area contributed by atoms with Gasteiger partial charge in [0.05, 0.1) is 5.56 Å². The average molecular weight is 325 g/mol. The van der Waals surface area contributed by atoms with Gasteiger partial charge in [-0.1, -0.05) is 11.8 Å². The Morgan fingerprint density at radius 2 is 2.00 bits per heavy atom. The Labute approximate surface area is 132 Å². The number of aliphatic carboxylic acids is 1. The van der Waals surface area contributed by atoms with Crippen LogP contribution in [0.15, 0.2) is 18.2 Å². The molecule has 0 spiro atoms. The summed E-state index contributed by atoms with van der Waals surface area (Å²) in [7, 11) is 0. The maximum absolute atomic E-state index is 13.4. The highest BCUT2D eigenvalue weighted by Crippen LogP contribution is 2.09. The van der Waals surface area contributed by atoms with E-state index in [4.69, 9.17) is 9.84 Å². The second-order valence-electron chi connectivity index (χ2n) is 5.67. The molecule has 0 heterocycles. The predicted octanol–water partition coefficient (Wildman–Crippen LogP) is 2.68. The van der Waals surface area contributed by atoms with Crippen molar-refractivity contribution in [3.05, 3.63) is 35.4 Å². The van der Waals surface area contributed by atoms with Crippen LogP contribution in [-0.4, -0.2) is 28.8 Å². The molecule has 1 rings (SSSR count). The van der Waals surface area contributed by atoms with Gasteiger partial charge >= 0.3 is 12.1 Å². The molecule has 23 heavy (non-hydrogen) atoms. The van der Waals surface area contributed by atoms with Gasteiger partial charge < -0.3 is 15.2 Å². The number of amides is 1. The smallest absolute Gasteiger partial charge is 0.408 e. The summed E-state index contributed by atoms with van der Waals surface area (Å²) in [6.45, 7) is 4.92. The quantitative estimate of drug-likeness (QED) is 0.838. The Morgan fingerprint density at radius 3 is 2.52 bits per heavy atom. The number of hydrogen-bond donors (Lipinski definition) is 2. The highest BCUT2D eigenvalue weighted by atomic mass is 19.1. The predicted molar refractivity (Wildman–Crippen MR) is 78.6 cm³/mol. The number of ether oxygens (including phenoxy) is 1. The van der Waals surface area contributed by atoms with Crippen molar-refractivity contribution in [2.45, 2.75) is 38.8 Å². The molecule has 1 aromatic rings. The summed E-state index contributed by atoms with van der Waals surface area (Å²) >= 11 is 0. The third-order valence-corrected chi connectivity index (χ3v) is 2.45. The van der Waals surface area contributed by atoms with Gasteiger partial charge in [-0.2, -0.15) is 0 Å². The molecular weight excluding hydrogens is 308 g/mol. The van der Waals surface area contributed by atoms with Crippen molar-refractivity contribution in [1.82, 2.24) is 5.32 Å². The van der Waals surface area contributed by atoms with Crippen LogP contribution in [0, 0.1) is 23.5 Å². The zero-order chi connectivity index (χ0) is 17.6. The number of nitrogens with one attached hydrogen (secondary N) is 1. The summed E-state index contributed by atoms with van der Waals surface area (Å²) in [4.78, 5) is 22.6. The molecule has 0 fully saturated rings. The van der Waals surface area contributed by atoms with Gasteiger partial charge in [-0.3, -0.25) is 0 Å². The number of carboxylic acid groups (broad SMARTS) is 1. The normalized spacial score (nSPS) is 11.9. The Bertz CT molecular complexity index is 656. The molecule has 1 aromatic carbocycles. The van der Waals surface area contributed by atoms with Crippen molar-refractivity contribution in [3.8, 4) is 11.8 Å². The van der Waals surface area contributed by atoms with Crippen molar-refractivity contribution >= 4 is 12.1 Å². The average Bonchev–Trinajstić information content (AvgIpc) is 2.37. The molecule has 1 amide bonds. The molecule has 0 aliphatic rings. The lowest BCUT2D eigenvalue weighted by Crippen LogP contribution is -2.43. The van der Waals surface area contributed by atoms with Gasteiger partial charge in [0.1, 0.15) is 23.3 Å². The lowest BCUT2D eigenvalue weighted by Gasteiger charge is -2.21. The molecule has 0 bridgehead atoms. The molecule has 0 aliphatic carbocycles. The van der Waals surface area contributed by atoms with E-state index in [0.29, 0.717) is 6.07 Å². The standard InChI is InChI=1S/C16H17F2NO4/c1-16(2,3)23-15(22)19-13(14(20)21)6-4-5-10-7-8-11(17)9-12(10)18/h7-9,13H,6H2,1-3H3,(H,19,22)(H,20,21)/t13-/m0/s1. The summed E-state index contributed by atoms with van der Waals surface area (Å²) in [5.74, 6) is 1.97. The lowest BCUT2D eigenvalue weighted by molar-refractivity contribution is -0.139. The zero-order valence-electron chi connectivity index (χ0n) is 12.9. The fourth-order valence-electron chi connectivity index (χ4n) is 1.49. The van der Waals surface area contributed by atoms with Crippen molar-refractivity contribution < 1.29 is 28.2 Å². The molecule has 0 unspecified atom stereocenters. The molecule has 0 saturated carbocycles. The summed E-state index contributed by atoms with van der Waals surface area (Å²) < 4.78 is 31.1. The van der Waals surface area contributed by atoms with Crippen LogP contribution in [0.4, 0.5) is 13.6 Å². The highest BCUT2D eigenvalue weighted by Gasteiger charge is 2.23. The van der Waals surface area contributed by atoms with E-state index in [1.807, 2.05) is 0 Å². The molecule has 0 saturated heterocycles. The molecular formula is C16H17F2NO4. The molecule has 0 aliphatic heterocycles. The lowest BCUT2D eigenvalue weighted by atomic mass is 10.1. The molecule has 0 radical (unpaired) electrons. The van der Waals surface area contributed by atoms with Gasteiger partial charge in [-0.25, -0.2) is 18.4 Å². The van der Waals surface area contributed by atoms with E-state index in [1.165, 1.54) is 0 Å². The van der Waals surface area contributed by atoms with Crippen molar-refractivity contribution in [1.29, 1.82) is 0 Å². The fourth-order valence-corrected chi connectivity index (χ4v) is 1.49. The summed E-state index contributed by atoms with van der Waals surface area (Å²) in [6.07, 6.45) is -1.15. The first-order chi connectivity index (χ1) is 10.6. The van der Waals surface area contributed by atoms with E-state index in [0.717, 1.165) is 12.1 Å². The fraction of sp³-hybridized carbons (Fsp3) is 0.375. The van der Waals surface area contributed by atoms with Gasteiger partial charge in [-0.15, -0.1) is 0 Å². The zero-order valence-corrected chi connectivity index (χ0v) is 12.9. The van der Waals surface area contributed by atoms with Crippen LogP contribution in [0.5, 0.6) is 0 Å². The number of alkyl carbamates (subject to hydrolysis) is 1. The first kappa shape index (κ1) is 18.4. The number of carboxylic acids is 1. The van der Waals surface area contributed by atoms with Gasteiger partial charge in [0, 0.05) is 12.5 Å². The van der Waals surface area contributed by atoms with E-state index < -0.39 is 35.3 Å². The van der Waals surface area contributed by atoms with E-state index in [-0.39, 0.29) is 12.0 Å². The number of halogens is 2. The third-order valence-electron chi connectivity index (χ3n) is 2.45. The van der Waals surface area contributed by atoms with Crippen LogP contribution < -0.4 is 5.32 Å². The van der Waals surface area contributed by atoms with Crippen molar-refractivity contribution in [3.63, 3.8) is 0 Å². The summed E-state index contributed by atoms with van der Waals surface area (Å²) in [5, 5.41) is 11.2. The molecule has 1 atom stereocenters. The van der Waals surface area contributed by atoms with E-state index in [1.54, 1.807) is 20.8 Å². The molecule has 5 nitrogen and oxygen atoms in total. The number of carbonyl (C=O) groups excluding carboxylic acids is 1. The Hall–Kier alpha value is -2.62. The van der Waals surface area contributed by atoms with Crippen LogP contribution in [-0.2, 0) is 9.53 Å². The van der Waals surface area contributed by atoms with Crippen LogP contribution >= 0.6 is 0 Å². The molecule has 0 aromatic heterocycles. The minimum atomic E-state index is -1.30. The van der Waals surface area contributed by atoms with Crippen LogP contribution in [0.2, 0.25) is 0 Å². The molecule has 124 valence electrons. The highest BCUT2D eigenvalue weighted by molar-refractivity contribution is 5.80. The second kappa shape index (κ2) is 7.58. The first-order valence-electron chi connectivity index (χ1n) is 6.75. The van der Waals surface area contributed by atoms with Crippen LogP contribution in [0.1, 0.15) is 32.8 Å². The second-order valence-corrected chi connectivity index (χ2v) is 5.67. The van der Waals surface area contributed by atoms with Crippen LogP contribution in [0.25, 0.3) is 0 Å². The molecule has 2 N–H and O–H groups in total. The van der Waals surface area contributed by atoms with Crippen LogP contribution in [0.3, 0.4) is 0 Å². The van der Waals surface area contributed by atoms with Gasteiger partial charge in [-0.05, 0) is 32.9 Å². The van der Waals surface area contributed by atoms with E-state index in [2.05, 4.69) is 17.2 Å². The van der Waals surface area contributed by atoms with Gasteiger partial charge in [0.15, 0.2) is 0 Å².